The summed E-state index contributed by atoms with van der Waals surface area (Å²) in [5.74, 6) is 1.11. The first-order chi connectivity index (χ1) is 17.5. The van der Waals surface area contributed by atoms with E-state index in [2.05, 4.69) is 55.4 Å². The molecule has 5 heteroatoms. The molecule has 0 aromatic heterocycles. The Bertz CT molecular complexity index is 1510. The smallest absolute Gasteiger partial charge is 0.340 e. The van der Waals surface area contributed by atoms with Crippen LogP contribution in [-0.2, 0) is 10.3 Å². The number of aryl methyl sites for hydroxylation is 1. The van der Waals surface area contributed by atoms with Gasteiger partial charge >= 0.3 is 5.97 Å². The number of anilines is 3. The normalized spacial score (nSPS) is 17.1. The number of esters is 1. The molecule has 4 aromatic carbocycles. The number of carbonyl (C=O) groups excluding carboxylic acids is 1. The summed E-state index contributed by atoms with van der Waals surface area (Å²) in [5.41, 5.74) is 7.15. The molecule has 0 fully saturated rings. The van der Waals surface area contributed by atoms with Gasteiger partial charge in [-0.1, -0.05) is 36.4 Å². The van der Waals surface area contributed by atoms with Crippen molar-refractivity contribution in [3.05, 3.63) is 112 Å². The molecule has 1 atom stereocenters. The van der Waals surface area contributed by atoms with E-state index in [0.717, 1.165) is 57.2 Å². The predicted molar refractivity (Wildman–Crippen MR) is 143 cm³/mol. The maximum atomic E-state index is 13.2. The molecule has 6 rings (SSSR count). The van der Waals surface area contributed by atoms with Crippen molar-refractivity contribution >= 4 is 23.0 Å². The van der Waals surface area contributed by atoms with E-state index in [1.807, 2.05) is 61.5 Å². The minimum absolute atomic E-state index is 0.323. The van der Waals surface area contributed by atoms with Crippen molar-refractivity contribution in [1.82, 2.24) is 0 Å². The molecular formula is C31H28N2O3. The number of fused-ring (bicyclic) bond motifs is 6. The van der Waals surface area contributed by atoms with Crippen LogP contribution < -0.4 is 15.0 Å². The lowest BCUT2D eigenvalue weighted by atomic mass is 9.76. The number of hydrogen-bond donors (Lipinski definition) is 1. The van der Waals surface area contributed by atoms with E-state index in [1.165, 1.54) is 0 Å². The van der Waals surface area contributed by atoms with E-state index in [9.17, 15) is 4.79 Å². The van der Waals surface area contributed by atoms with E-state index in [-0.39, 0.29) is 5.97 Å². The van der Waals surface area contributed by atoms with Gasteiger partial charge in [-0.15, -0.1) is 0 Å². The molecule has 180 valence electrons. The molecule has 0 bridgehead atoms. The van der Waals surface area contributed by atoms with Crippen molar-refractivity contribution in [3.8, 4) is 11.5 Å². The van der Waals surface area contributed by atoms with Crippen LogP contribution in [0.2, 0.25) is 0 Å². The number of para-hydroxylation sites is 1. The van der Waals surface area contributed by atoms with Crippen LogP contribution in [0.3, 0.4) is 0 Å². The van der Waals surface area contributed by atoms with E-state index < -0.39 is 5.60 Å². The van der Waals surface area contributed by atoms with Gasteiger partial charge in [0.25, 0.3) is 0 Å². The lowest BCUT2D eigenvalue weighted by Crippen LogP contribution is -2.33. The summed E-state index contributed by atoms with van der Waals surface area (Å²) in [4.78, 5) is 15.4. The number of benzene rings is 4. The van der Waals surface area contributed by atoms with Crippen LogP contribution in [0.4, 0.5) is 17.1 Å². The average Bonchev–Trinajstić information content (AvgIpc) is 3.19. The lowest BCUT2D eigenvalue weighted by molar-refractivity contribution is 0.0224. The molecule has 1 spiro atoms. The third-order valence-corrected chi connectivity index (χ3v) is 7.32. The molecule has 2 aliphatic rings. The van der Waals surface area contributed by atoms with Crippen LogP contribution in [-0.4, -0.2) is 19.6 Å². The molecule has 0 saturated carbocycles. The number of nitrogens with one attached hydrogen (secondary N) is 1. The topological polar surface area (TPSA) is 50.8 Å². The second kappa shape index (κ2) is 8.16. The first-order valence-electron chi connectivity index (χ1n) is 12.3. The van der Waals surface area contributed by atoms with Gasteiger partial charge in [-0.3, -0.25) is 0 Å². The van der Waals surface area contributed by atoms with E-state index in [1.54, 1.807) is 0 Å². The zero-order chi connectivity index (χ0) is 25.0. The summed E-state index contributed by atoms with van der Waals surface area (Å²) >= 11 is 0. The zero-order valence-corrected chi connectivity index (χ0v) is 20.9. The molecule has 1 N–H and O–H groups in total. The Morgan fingerprint density at radius 2 is 1.64 bits per heavy atom. The Balaban J connectivity index is 1.64. The van der Waals surface area contributed by atoms with Crippen LogP contribution in [0.5, 0.6) is 11.5 Å². The predicted octanol–water partition coefficient (Wildman–Crippen LogP) is 7.07. The number of nitrogens with zero attached hydrogens (tertiary/aromatic N) is 1. The number of hydrogen-bond acceptors (Lipinski definition) is 5. The van der Waals surface area contributed by atoms with Crippen LogP contribution >= 0.6 is 0 Å². The molecule has 1 unspecified atom stereocenters. The third-order valence-electron chi connectivity index (χ3n) is 7.32. The SMILES string of the molecule is CCNc1ccc2c(c1C)Oc1cc(C)c(N(C)c3ccccc3)cc1C21OC(=O)c2ccccc21. The van der Waals surface area contributed by atoms with Crippen LogP contribution in [0.25, 0.3) is 0 Å². The van der Waals surface area contributed by atoms with Gasteiger partial charge in [0.05, 0.1) is 5.56 Å². The highest BCUT2D eigenvalue weighted by Crippen LogP contribution is 2.58. The highest BCUT2D eigenvalue weighted by molar-refractivity contribution is 5.97. The molecule has 4 aromatic rings. The molecule has 0 amide bonds. The van der Waals surface area contributed by atoms with Crippen molar-refractivity contribution in [2.75, 3.05) is 23.8 Å². The van der Waals surface area contributed by atoms with Crippen LogP contribution in [0.1, 0.15) is 45.1 Å². The van der Waals surface area contributed by atoms with Crippen molar-refractivity contribution < 1.29 is 14.3 Å². The summed E-state index contributed by atoms with van der Waals surface area (Å²) < 4.78 is 13.0. The summed E-state index contributed by atoms with van der Waals surface area (Å²) in [6.07, 6.45) is 0. The Labute approximate surface area is 211 Å². The van der Waals surface area contributed by atoms with Gasteiger partial charge in [0.1, 0.15) is 11.5 Å². The molecule has 2 heterocycles. The van der Waals surface area contributed by atoms with Gasteiger partial charge in [-0.2, -0.15) is 0 Å². The number of ether oxygens (including phenoxy) is 2. The van der Waals surface area contributed by atoms with E-state index >= 15 is 0 Å². The minimum Gasteiger partial charge on any atom is -0.456 e. The Hall–Kier alpha value is -4.25. The standard InChI is InChI=1S/C31H28N2O3/c1-5-32-26-16-15-24-29(20(26)3)35-28-17-19(2)27(33(4)21-11-7-6-8-12-21)18-25(28)31(24)23-14-10-9-13-22(23)30(34)36-31/h6-18,32H,5H2,1-4H3. The van der Waals surface area contributed by atoms with Gasteiger partial charge in [0.2, 0.25) is 0 Å². The monoisotopic (exact) mass is 476 g/mol. The quantitative estimate of drug-likeness (QED) is 0.319. The van der Waals surface area contributed by atoms with E-state index in [0.29, 0.717) is 11.3 Å². The fourth-order valence-corrected chi connectivity index (χ4v) is 5.54. The summed E-state index contributed by atoms with van der Waals surface area (Å²) in [5, 5.41) is 3.42. The number of carbonyl (C=O) groups is 1. The van der Waals surface area contributed by atoms with Gasteiger partial charge in [-0.05, 0) is 68.8 Å². The Morgan fingerprint density at radius 3 is 2.42 bits per heavy atom. The zero-order valence-electron chi connectivity index (χ0n) is 20.9. The van der Waals surface area contributed by atoms with Crippen molar-refractivity contribution in [2.24, 2.45) is 0 Å². The molecule has 0 saturated heterocycles. The summed E-state index contributed by atoms with van der Waals surface area (Å²) in [7, 11) is 2.05. The van der Waals surface area contributed by atoms with E-state index in [4.69, 9.17) is 9.47 Å². The molecular weight excluding hydrogens is 448 g/mol. The summed E-state index contributed by atoms with van der Waals surface area (Å²) in [6, 6.07) is 26.1. The second-order valence-corrected chi connectivity index (χ2v) is 9.39. The molecule has 2 aliphatic heterocycles. The highest BCUT2D eigenvalue weighted by Gasteiger charge is 2.54. The first-order valence-corrected chi connectivity index (χ1v) is 12.3. The van der Waals surface area contributed by atoms with Gasteiger partial charge in [0.15, 0.2) is 5.60 Å². The summed E-state index contributed by atoms with van der Waals surface area (Å²) in [6.45, 7) is 6.99. The average molecular weight is 477 g/mol. The highest BCUT2D eigenvalue weighted by atomic mass is 16.6. The van der Waals surface area contributed by atoms with Gasteiger partial charge < -0.3 is 19.7 Å². The fraction of sp³-hybridized carbons (Fsp3) is 0.194. The maximum Gasteiger partial charge on any atom is 0.340 e. The lowest BCUT2D eigenvalue weighted by Gasteiger charge is -2.38. The third kappa shape index (κ3) is 3.05. The second-order valence-electron chi connectivity index (χ2n) is 9.39. The van der Waals surface area contributed by atoms with Crippen LogP contribution in [0, 0.1) is 13.8 Å². The van der Waals surface area contributed by atoms with Gasteiger partial charge in [0, 0.05) is 52.9 Å². The minimum atomic E-state index is -1.09. The Morgan fingerprint density at radius 1 is 0.889 bits per heavy atom. The van der Waals surface area contributed by atoms with Crippen LogP contribution in [0.15, 0.2) is 78.9 Å². The fourth-order valence-electron chi connectivity index (χ4n) is 5.54. The van der Waals surface area contributed by atoms with Gasteiger partial charge in [-0.25, -0.2) is 4.79 Å². The maximum absolute atomic E-state index is 13.2. The number of rotatable bonds is 4. The first kappa shape index (κ1) is 22.2. The van der Waals surface area contributed by atoms with Crippen molar-refractivity contribution in [1.29, 1.82) is 0 Å². The molecule has 5 nitrogen and oxygen atoms in total. The Kier molecular flexibility index (Phi) is 5.04. The molecule has 36 heavy (non-hydrogen) atoms. The van der Waals surface area contributed by atoms with Crippen molar-refractivity contribution in [2.45, 2.75) is 26.4 Å². The molecule has 0 aliphatic carbocycles. The van der Waals surface area contributed by atoms with Crippen molar-refractivity contribution in [3.63, 3.8) is 0 Å². The largest absolute Gasteiger partial charge is 0.456 e. The molecule has 0 radical (unpaired) electrons.